The fourth-order valence-electron chi connectivity index (χ4n) is 4.48. The third kappa shape index (κ3) is 5.08. The van der Waals surface area contributed by atoms with Gasteiger partial charge >= 0.3 is 11.7 Å². The number of aryl methyl sites for hydroxylation is 1. The van der Waals surface area contributed by atoms with Crippen LogP contribution in [0.25, 0.3) is 0 Å². The highest BCUT2D eigenvalue weighted by Gasteiger charge is 2.34. The first-order valence-corrected chi connectivity index (χ1v) is 12.8. The Morgan fingerprint density at radius 1 is 1.12 bits per heavy atom. The van der Waals surface area contributed by atoms with E-state index in [0.29, 0.717) is 28.2 Å². The number of carbonyl (C=O) groups is 3. The van der Waals surface area contributed by atoms with Crippen molar-refractivity contribution in [2.24, 2.45) is 7.05 Å². The Bertz CT molecular complexity index is 1860. The number of rotatable bonds is 4. The van der Waals surface area contributed by atoms with Crippen LogP contribution in [0, 0.1) is 11.6 Å². The fraction of sp³-hybridized carbons (Fsp3) is 0.107. The zero-order valence-electron chi connectivity index (χ0n) is 20.8. The second-order valence-corrected chi connectivity index (χ2v) is 9.71. The summed E-state index contributed by atoms with van der Waals surface area (Å²) in [5.74, 6) is 0.598. The number of phenols is 1. The summed E-state index contributed by atoms with van der Waals surface area (Å²) in [7, 11) is 1.04. The number of phenolic OH excluding ortho intramolecular Hbond substituents is 1. The lowest BCUT2D eigenvalue weighted by atomic mass is 9.78. The van der Waals surface area contributed by atoms with Gasteiger partial charge in [0, 0.05) is 41.9 Å². The summed E-state index contributed by atoms with van der Waals surface area (Å²) in [6.07, 6.45) is 4.29. The van der Waals surface area contributed by atoms with Crippen LogP contribution in [0.5, 0.6) is 11.5 Å². The van der Waals surface area contributed by atoms with Crippen molar-refractivity contribution in [1.29, 1.82) is 0 Å². The molecular formula is C28H20N3O8P. The molecule has 0 fully saturated rings. The van der Waals surface area contributed by atoms with Gasteiger partial charge < -0.3 is 24.6 Å². The summed E-state index contributed by atoms with van der Waals surface area (Å²) in [6.45, 7) is 0. The number of aromatic carboxylic acids is 1. The minimum absolute atomic E-state index is 0.00651. The maximum atomic E-state index is 12.8. The molecular weight excluding hydrogens is 537 g/mol. The average molecular weight is 557 g/mol. The number of fused-ring (bicyclic) bond motifs is 1. The molecule has 0 radical (unpaired) electrons. The van der Waals surface area contributed by atoms with Crippen LogP contribution in [0.15, 0.2) is 75.7 Å². The van der Waals surface area contributed by atoms with Crippen molar-refractivity contribution in [1.82, 2.24) is 14.6 Å². The Balaban J connectivity index is 1.45. The van der Waals surface area contributed by atoms with Gasteiger partial charge in [0.15, 0.2) is 5.78 Å². The first kappa shape index (κ1) is 26.4. The first-order valence-electron chi connectivity index (χ1n) is 11.8. The van der Waals surface area contributed by atoms with Crippen LogP contribution in [0.1, 0.15) is 49.7 Å². The van der Waals surface area contributed by atoms with E-state index in [1.165, 1.54) is 48.2 Å². The predicted octanol–water partition coefficient (Wildman–Crippen LogP) is 2.12. The lowest BCUT2D eigenvalue weighted by Gasteiger charge is -2.32. The zero-order valence-corrected chi connectivity index (χ0v) is 21.8. The fourth-order valence-corrected chi connectivity index (χ4v) is 5.00. The minimum atomic E-state index is -1.26. The Morgan fingerprint density at radius 2 is 1.90 bits per heavy atom. The highest BCUT2D eigenvalue weighted by molar-refractivity contribution is 7.42. The topological polar surface area (TPSA) is 168 Å². The molecule has 0 saturated carbocycles. The number of nitrogens with one attached hydrogen (secondary N) is 2. The number of benzene rings is 2. The number of H-pyrrole nitrogens is 1. The Morgan fingerprint density at radius 3 is 2.67 bits per heavy atom. The number of carboxylic acid groups (broad SMARTS) is 1. The second-order valence-electron chi connectivity index (χ2n) is 8.96. The molecule has 0 bridgehead atoms. The number of ether oxygens (including phenoxy) is 1. The van der Waals surface area contributed by atoms with Crippen LogP contribution in [0.4, 0.5) is 0 Å². The lowest BCUT2D eigenvalue weighted by Crippen LogP contribution is -2.29. The molecule has 1 aliphatic heterocycles. The van der Waals surface area contributed by atoms with E-state index in [9.17, 15) is 34.2 Å². The highest BCUT2D eigenvalue weighted by Crippen LogP contribution is 2.47. The van der Waals surface area contributed by atoms with Crippen molar-refractivity contribution in [3.05, 3.63) is 115 Å². The van der Waals surface area contributed by atoms with Crippen molar-refractivity contribution in [2.45, 2.75) is 12.3 Å². The minimum Gasteiger partial charge on any atom is -0.508 e. The van der Waals surface area contributed by atoms with E-state index < -0.39 is 37.8 Å². The highest BCUT2D eigenvalue weighted by atomic mass is 31.1. The first-order chi connectivity index (χ1) is 19.1. The molecule has 2 aliphatic rings. The number of ketones is 1. The number of amides is 1. The summed E-state index contributed by atoms with van der Waals surface area (Å²) < 4.78 is 7.06. The molecule has 3 aromatic rings. The van der Waals surface area contributed by atoms with Gasteiger partial charge in [0.2, 0.25) is 0 Å². The maximum Gasteiger partial charge on any atom is 0.336 e. The summed E-state index contributed by atoms with van der Waals surface area (Å²) in [6, 6.07) is 8.79. The van der Waals surface area contributed by atoms with Crippen molar-refractivity contribution in [2.75, 3.05) is 0 Å². The van der Waals surface area contributed by atoms with Crippen LogP contribution in [-0.2, 0) is 11.8 Å². The van der Waals surface area contributed by atoms with Gasteiger partial charge in [-0.25, -0.2) is 9.59 Å². The maximum absolute atomic E-state index is 12.8. The summed E-state index contributed by atoms with van der Waals surface area (Å²) in [5, 5.41) is 22.6. The normalized spacial score (nSPS) is 15.6. The van der Waals surface area contributed by atoms with Crippen LogP contribution in [0.3, 0.4) is 0 Å². The van der Waals surface area contributed by atoms with E-state index in [1.807, 2.05) is 0 Å². The van der Waals surface area contributed by atoms with Gasteiger partial charge in [-0.2, -0.15) is 0 Å². The van der Waals surface area contributed by atoms with Gasteiger partial charge in [-0.1, -0.05) is 29.8 Å². The van der Waals surface area contributed by atoms with Crippen LogP contribution >= 0.6 is 8.73 Å². The number of aromatic nitrogens is 2. The molecule has 5 rings (SSSR count). The molecule has 0 saturated heterocycles. The van der Waals surface area contributed by atoms with E-state index in [1.54, 1.807) is 18.2 Å². The van der Waals surface area contributed by atoms with Crippen LogP contribution < -0.4 is 21.1 Å². The molecule has 2 aromatic carbocycles. The van der Waals surface area contributed by atoms with Gasteiger partial charge in [0.05, 0.1) is 20.7 Å². The molecule has 2 atom stereocenters. The number of nitrogens with zero attached hydrogens (tertiary/aromatic N) is 1. The van der Waals surface area contributed by atoms with Crippen molar-refractivity contribution >= 4 is 26.4 Å². The number of carbonyl (C=O) groups excluding carboxylic acids is 2. The third-order valence-electron chi connectivity index (χ3n) is 6.36. The quantitative estimate of drug-likeness (QED) is 0.280. The van der Waals surface area contributed by atoms with Gasteiger partial charge in [-0.05, 0) is 29.8 Å². The number of allylic oxidation sites excluding steroid dienone is 4. The van der Waals surface area contributed by atoms with E-state index >= 15 is 0 Å². The predicted molar refractivity (Wildman–Crippen MR) is 145 cm³/mol. The van der Waals surface area contributed by atoms with Gasteiger partial charge in [0.25, 0.3) is 11.5 Å². The number of carboxylic acids is 1. The smallest absolute Gasteiger partial charge is 0.336 e. The Labute approximate surface area is 227 Å². The van der Waals surface area contributed by atoms with Crippen molar-refractivity contribution in [3.63, 3.8) is 0 Å². The summed E-state index contributed by atoms with van der Waals surface area (Å²) in [4.78, 5) is 62.6. The molecule has 1 aromatic heterocycles. The molecule has 2 unspecified atom stereocenters. The third-order valence-corrected chi connectivity index (χ3v) is 6.96. The summed E-state index contributed by atoms with van der Waals surface area (Å²) >= 11 is 0. The van der Waals surface area contributed by atoms with Crippen molar-refractivity contribution < 1.29 is 29.3 Å². The van der Waals surface area contributed by atoms with E-state index in [4.69, 9.17) is 4.74 Å². The number of aromatic hydroxyl groups is 1. The molecule has 2 heterocycles. The lowest BCUT2D eigenvalue weighted by molar-refractivity contribution is -0.114. The standard InChI is InChI=1S/C28H20N3O8P/c1-31-13-15(25(34)29-28(31)38)8-9-40-30-26(35)14-2-5-18(21(10-14)27(36)37)24-19-6-3-16(32)11-22(19)39-23-12-17(33)4-7-20(23)24/h2-7,10-11,13,24,32,40H,12H2,1H3,(H,30,35)(H,36,37)(H,29,34,38). The van der Waals surface area contributed by atoms with Crippen LogP contribution in [-0.4, -0.2) is 37.4 Å². The van der Waals surface area contributed by atoms with Gasteiger partial charge in [0.1, 0.15) is 22.8 Å². The number of hydrogen-bond acceptors (Lipinski definition) is 7. The molecule has 1 amide bonds. The van der Waals surface area contributed by atoms with E-state index in [0.717, 1.165) is 0 Å². The Kier molecular flexibility index (Phi) is 6.94. The molecule has 40 heavy (non-hydrogen) atoms. The van der Waals surface area contributed by atoms with Crippen molar-refractivity contribution in [3.8, 4) is 23.1 Å². The molecule has 4 N–H and O–H groups in total. The zero-order chi connectivity index (χ0) is 28.6. The monoisotopic (exact) mass is 557 g/mol. The molecule has 1 aliphatic carbocycles. The average Bonchev–Trinajstić information content (AvgIpc) is 2.91. The second kappa shape index (κ2) is 10.5. The van der Waals surface area contributed by atoms with Crippen LogP contribution in [0.2, 0.25) is 0 Å². The SMILES string of the molecule is Cn1cc(C#CPNC(=O)c2ccc(C3C4=C(CC(=O)C=C4)Oc4cc(O)ccc43)c(C(=O)O)c2)c(=O)[nH]c1=O. The van der Waals surface area contributed by atoms with E-state index in [2.05, 4.69) is 21.7 Å². The largest absolute Gasteiger partial charge is 0.508 e. The summed E-state index contributed by atoms with van der Waals surface area (Å²) in [5.41, 5.74) is 3.04. The molecule has 200 valence electrons. The Hall–Kier alpha value is -5.20. The number of aromatic amines is 1. The molecule has 11 nitrogen and oxygen atoms in total. The molecule has 0 spiro atoms. The number of hydrogen-bond donors (Lipinski definition) is 4. The molecule has 12 heteroatoms. The van der Waals surface area contributed by atoms with Gasteiger partial charge in [-0.3, -0.25) is 19.4 Å². The van der Waals surface area contributed by atoms with E-state index in [-0.39, 0.29) is 34.6 Å². The van der Waals surface area contributed by atoms with Gasteiger partial charge in [-0.15, -0.1) is 0 Å².